The molecule has 11 aromatic rings. The van der Waals surface area contributed by atoms with Crippen LogP contribution in [-0.4, -0.2) is 119 Å². The quantitative estimate of drug-likeness (QED) is 0.0165. The van der Waals surface area contributed by atoms with E-state index in [1.807, 2.05) is 48.5 Å². The van der Waals surface area contributed by atoms with Gasteiger partial charge in [-0.3, -0.25) is 9.80 Å². The van der Waals surface area contributed by atoms with Gasteiger partial charge in [0.15, 0.2) is 23.3 Å². The number of benzene rings is 7. The van der Waals surface area contributed by atoms with Crippen LogP contribution in [0.4, 0.5) is 38.2 Å². The van der Waals surface area contributed by atoms with Crippen LogP contribution < -0.4 is 74.7 Å². The highest BCUT2D eigenvalue weighted by Crippen LogP contribution is 2.32. The molecule has 590 valence electrons. The lowest BCUT2D eigenvalue weighted by Gasteiger charge is -2.21. The SMILES string of the molecule is CNCc1nsc(N(Cc2ccc(OC)cc2OC)C(=O)NCc2cccc(F)c2)n1.COc1ccc(CN(C(=O)NCc2cccc(F)c2)c2nc(CCl)ns2)c(OC)c1.COc1ccc(CN)c(OC)c1.COc1ccc(CNc2nc(CCl)ns2)c(OC)c1.ClCc1nsc(Cl)n1.O=C=NCc1cccc(F)c1. The standard InChI is InChI=1S/C21H24FN5O3S.C20H20ClFN4O3S.C12H14ClN3O2S.C9H13NO2.C8H6FNO.C3H2Cl2N2S/c1-23-12-19-25-21(31-26-19)27(13-15-7-8-17(29-2)10-18(15)30-3)20(28)24-11-14-5-4-6-16(22)9-14;1-28-16-7-6-14(17(9-16)29-2)12-26(20-24-18(10-21)25-30-20)19(27)23-11-13-4-3-5-15(22)8-13;1-17-9-4-3-8(10(5-9)18-2)7-14-12-15-11(6-13)16-19-12;1-11-8-4-3-7(6-10)9(5-8)12-2;9-8-3-1-2-7(4-8)5-10-6-11;4-1-2-6-3(5)8-7-2/h4-10,23H,11-13H2,1-3H3,(H,24,28);3-9H,10-12H2,1-2H3,(H,23,27);3-5H,6-7H2,1-2H3,(H,14,15,16);3-5H,6,10H2,1-2H3;1-4H,5H2;1H2. The lowest BCUT2D eigenvalue weighted by molar-refractivity contribution is 0.244. The number of nitrogens with one attached hydrogen (secondary N) is 4. The highest BCUT2D eigenvalue weighted by Gasteiger charge is 2.25. The molecule has 0 atom stereocenters. The maximum Gasteiger partial charge on any atom is 0.324 e. The number of nitrogens with zero attached hydrogens (tertiary/aromatic N) is 11. The first-order valence-corrected chi connectivity index (χ1v) is 37.8. The summed E-state index contributed by atoms with van der Waals surface area (Å²) in [6.07, 6.45) is 1.39. The van der Waals surface area contributed by atoms with E-state index in [2.05, 4.69) is 63.7 Å². The largest absolute Gasteiger partial charge is 0.497 e. The second-order valence-electron chi connectivity index (χ2n) is 22.0. The molecule has 7 aromatic carbocycles. The predicted octanol–water partition coefficient (Wildman–Crippen LogP) is 15.3. The molecule has 0 radical (unpaired) electrons. The Hall–Kier alpha value is -10.2. The zero-order valence-electron chi connectivity index (χ0n) is 61.4. The van der Waals surface area contributed by atoms with Crippen molar-refractivity contribution >= 4 is 126 Å². The van der Waals surface area contributed by atoms with Crippen LogP contribution in [0.1, 0.15) is 62.2 Å². The van der Waals surface area contributed by atoms with Crippen LogP contribution >= 0.6 is 92.5 Å². The number of hydrogen-bond acceptors (Lipinski definition) is 27. The summed E-state index contributed by atoms with van der Waals surface area (Å²) >= 11 is 26.9. The average Bonchev–Trinajstić information content (AvgIpc) is 1.79. The molecule has 6 N–H and O–H groups in total. The van der Waals surface area contributed by atoms with Gasteiger partial charge < -0.3 is 64.9 Å². The number of alkyl halides is 3. The molecule has 0 aliphatic heterocycles. The molecular formula is C73H79Cl4F3N16O11S4. The molecule has 27 nitrogen and oxygen atoms in total. The summed E-state index contributed by atoms with van der Waals surface area (Å²) in [7, 11) is 14.5. The third-order valence-corrected chi connectivity index (χ3v) is 18.5. The Morgan fingerprint density at radius 3 is 1.24 bits per heavy atom. The van der Waals surface area contributed by atoms with Crippen LogP contribution in [-0.2, 0) is 74.8 Å². The predicted molar refractivity (Wildman–Crippen MR) is 427 cm³/mol. The highest BCUT2D eigenvalue weighted by molar-refractivity contribution is 7.10. The molecule has 0 spiro atoms. The number of aliphatic imine (C=N–C) groups is 1. The first-order valence-electron chi connectivity index (χ1n) is 32.7. The number of methoxy groups -OCH3 is 8. The fourth-order valence-electron chi connectivity index (χ4n) is 9.21. The maximum absolute atomic E-state index is 13.5. The molecular weight excluding hydrogens is 1600 g/mol. The smallest absolute Gasteiger partial charge is 0.324 e. The van der Waals surface area contributed by atoms with Crippen molar-refractivity contribution in [2.45, 2.75) is 70.0 Å². The van der Waals surface area contributed by atoms with Gasteiger partial charge in [-0.05, 0) is 126 Å². The average molecular weight is 1680 g/mol. The van der Waals surface area contributed by atoms with Crippen LogP contribution in [0.2, 0.25) is 4.47 Å². The fraction of sp³-hybridized carbons (Fsp3) is 0.274. The molecule has 111 heavy (non-hydrogen) atoms. The molecule has 0 bridgehead atoms. The van der Waals surface area contributed by atoms with E-state index in [4.69, 9.17) is 90.0 Å². The number of halogens is 7. The van der Waals surface area contributed by atoms with E-state index in [0.717, 1.165) is 85.0 Å². The van der Waals surface area contributed by atoms with Gasteiger partial charge in [-0.15, -0.1) is 34.8 Å². The summed E-state index contributed by atoms with van der Waals surface area (Å²) in [5, 5.41) is 13.4. The molecule has 0 aliphatic carbocycles. The van der Waals surface area contributed by atoms with Crippen LogP contribution in [0.15, 0.2) is 151 Å². The minimum atomic E-state index is -0.408. The Labute approximate surface area is 675 Å². The van der Waals surface area contributed by atoms with Crippen LogP contribution in [0.3, 0.4) is 0 Å². The van der Waals surface area contributed by atoms with Gasteiger partial charge in [0.2, 0.25) is 25.9 Å². The summed E-state index contributed by atoms with van der Waals surface area (Å²) in [5.41, 5.74) is 11.0. The van der Waals surface area contributed by atoms with Gasteiger partial charge >= 0.3 is 12.1 Å². The van der Waals surface area contributed by atoms with E-state index in [0.29, 0.717) is 109 Å². The number of urea groups is 2. The molecule has 11 rings (SSSR count). The summed E-state index contributed by atoms with van der Waals surface area (Å²) in [6, 6.07) is 39.3. The van der Waals surface area contributed by atoms with Gasteiger partial charge in [-0.1, -0.05) is 42.5 Å². The van der Waals surface area contributed by atoms with E-state index in [-0.39, 0.29) is 62.1 Å². The Balaban J connectivity index is 0.000000221. The Kier molecular flexibility index (Phi) is 39.7. The fourth-order valence-corrected chi connectivity index (χ4v) is 12.4. The second-order valence-corrected chi connectivity index (χ2v) is 26.3. The first kappa shape index (κ1) is 89.7. The summed E-state index contributed by atoms with van der Waals surface area (Å²) < 4.78 is 98.1. The van der Waals surface area contributed by atoms with E-state index in [1.165, 1.54) is 63.8 Å². The Bertz CT molecular complexity index is 4730. The molecule has 0 unspecified atom stereocenters. The zero-order chi connectivity index (χ0) is 80.5. The Morgan fingerprint density at radius 1 is 0.468 bits per heavy atom. The molecule has 4 heterocycles. The van der Waals surface area contributed by atoms with Crippen molar-refractivity contribution in [3.8, 4) is 46.0 Å². The minimum absolute atomic E-state index is 0.140. The van der Waals surface area contributed by atoms with E-state index < -0.39 is 6.03 Å². The van der Waals surface area contributed by atoms with Crippen molar-refractivity contribution < 1.29 is 65.4 Å². The summed E-state index contributed by atoms with van der Waals surface area (Å²) in [6.45, 7) is 2.48. The molecule has 0 fully saturated rings. The lowest BCUT2D eigenvalue weighted by Crippen LogP contribution is -2.39. The number of aromatic nitrogens is 8. The molecule has 4 amide bonds. The molecule has 0 saturated heterocycles. The van der Waals surface area contributed by atoms with Crippen molar-refractivity contribution in [1.82, 2.24) is 53.4 Å². The van der Waals surface area contributed by atoms with Gasteiger partial charge in [-0.2, -0.15) is 17.5 Å². The van der Waals surface area contributed by atoms with Gasteiger partial charge in [0.25, 0.3) is 0 Å². The number of amides is 4. The van der Waals surface area contributed by atoms with Crippen LogP contribution in [0.25, 0.3) is 0 Å². The number of carbonyl (C=O) groups is 2. The van der Waals surface area contributed by atoms with Crippen molar-refractivity contribution in [2.24, 2.45) is 10.7 Å². The number of carbonyl (C=O) groups excluding carboxylic acids is 3. The van der Waals surface area contributed by atoms with Crippen molar-refractivity contribution in [1.29, 1.82) is 0 Å². The van der Waals surface area contributed by atoms with Crippen LogP contribution in [0.5, 0.6) is 46.0 Å². The number of isocyanates is 1. The van der Waals surface area contributed by atoms with Crippen molar-refractivity contribution in [3.05, 3.63) is 230 Å². The minimum Gasteiger partial charge on any atom is -0.497 e. The number of ether oxygens (including phenoxy) is 8. The number of nitrogens with two attached hydrogens (primary N) is 1. The summed E-state index contributed by atoms with van der Waals surface area (Å²) in [5.74, 6) is 7.55. The van der Waals surface area contributed by atoms with Gasteiger partial charge in [0, 0.05) is 107 Å². The highest BCUT2D eigenvalue weighted by atomic mass is 35.5. The van der Waals surface area contributed by atoms with Gasteiger partial charge in [0.05, 0.1) is 101 Å². The zero-order valence-corrected chi connectivity index (χ0v) is 67.7. The van der Waals surface area contributed by atoms with E-state index in [1.54, 1.807) is 125 Å². The third kappa shape index (κ3) is 30.2. The molecule has 0 aliphatic rings. The monoisotopic (exact) mass is 1680 g/mol. The third-order valence-electron chi connectivity index (χ3n) is 14.6. The maximum atomic E-state index is 13.5. The lowest BCUT2D eigenvalue weighted by atomic mass is 10.2. The second kappa shape index (κ2) is 49.1. The van der Waals surface area contributed by atoms with Crippen molar-refractivity contribution in [3.63, 3.8) is 0 Å². The van der Waals surface area contributed by atoms with Gasteiger partial charge in [0.1, 0.15) is 63.4 Å². The molecule has 4 aromatic heterocycles. The summed E-state index contributed by atoms with van der Waals surface area (Å²) in [4.78, 5) is 58.8. The first-order chi connectivity index (χ1) is 53.8. The molecule has 38 heteroatoms. The van der Waals surface area contributed by atoms with E-state index in [9.17, 15) is 27.6 Å². The van der Waals surface area contributed by atoms with Gasteiger partial charge in [-0.25, -0.2) is 52.5 Å². The van der Waals surface area contributed by atoms with E-state index >= 15 is 0 Å². The number of anilines is 3. The van der Waals surface area contributed by atoms with Crippen LogP contribution in [0, 0.1) is 17.5 Å². The Morgan fingerprint density at radius 2 is 0.856 bits per heavy atom. The normalized spacial score (nSPS) is 10.2. The number of rotatable bonds is 29. The van der Waals surface area contributed by atoms with Crippen molar-refractivity contribution in [2.75, 3.05) is 79.0 Å². The molecule has 0 saturated carbocycles. The topological polar surface area (TPSA) is 321 Å². The number of hydrogen-bond donors (Lipinski definition) is 5.